The summed E-state index contributed by atoms with van der Waals surface area (Å²) in [5.41, 5.74) is 0.568. The molecule has 1 fully saturated rings. The first kappa shape index (κ1) is 21.3. The van der Waals surface area contributed by atoms with E-state index in [9.17, 15) is 32.8 Å². The molecule has 1 atom stereocenters. The number of benzene rings is 2. The molecule has 164 valence electrons. The first-order valence-electron chi connectivity index (χ1n) is 9.78. The topological polar surface area (TPSA) is 113 Å². The lowest BCUT2D eigenvalue weighted by molar-refractivity contribution is -0.137. The molecule has 2 N–H and O–H groups in total. The highest BCUT2D eigenvalue weighted by Gasteiger charge is 2.40. The molecular weight excluding hydrogens is 424 g/mol. The fraction of sp³-hybridized carbons (Fsp3) is 0.227. The van der Waals surface area contributed by atoms with Gasteiger partial charge in [-0.05, 0) is 35.7 Å². The first-order chi connectivity index (χ1) is 15.2. The summed E-state index contributed by atoms with van der Waals surface area (Å²) in [6, 6.07) is 6.33. The van der Waals surface area contributed by atoms with Crippen LogP contribution in [-0.4, -0.2) is 40.5 Å². The fourth-order valence-electron chi connectivity index (χ4n) is 3.94. The van der Waals surface area contributed by atoms with Gasteiger partial charge in [0, 0.05) is 19.0 Å². The van der Waals surface area contributed by atoms with Gasteiger partial charge in [0.1, 0.15) is 17.7 Å². The molecule has 0 aromatic heterocycles. The predicted molar refractivity (Wildman–Crippen MR) is 105 cm³/mol. The van der Waals surface area contributed by atoms with Gasteiger partial charge in [-0.1, -0.05) is 12.1 Å². The number of halogens is 2. The number of fused-ring (bicyclic) bond motifs is 1. The lowest BCUT2D eigenvalue weighted by atomic mass is 10.0. The van der Waals surface area contributed by atoms with Crippen LogP contribution in [0.3, 0.4) is 0 Å². The van der Waals surface area contributed by atoms with Crippen molar-refractivity contribution in [1.82, 2.24) is 15.5 Å². The Bertz CT molecular complexity index is 1160. The summed E-state index contributed by atoms with van der Waals surface area (Å²) in [6.07, 6.45) is -0.167. The van der Waals surface area contributed by atoms with E-state index in [1.165, 1.54) is 11.0 Å². The molecule has 2 aromatic carbocycles. The van der Waals surface area contributed by atoms with Gasteiger partial charge in [-0.3, -0.25) is 34.6 Å². The standard InChI is InChI=1S/C22H17F2N3O5/c23-13-6-11(7-14(24)9-13)8-18(29)26-20(30)15-3-1-2-12-10-27(22(32)19(12)15)16-4-5-17(28)25-21(16)31/h1-3,6-7,9,16H,4-5,8,10H2,(H,25,28,31)(H,26,29,30). The molecule has 0 radical (unpaired) electrons. The van der Waals surface area contributed by atoms with E-state index in [-0.39, 0.29) is 36.1 Å². The SMILES string of the molecule is O=C(Cc1cc(F)cc(F)c1)NC(=O)c1cccc2c1C(=O)N(C1CCC(=O)NC1=O)C2. The van der Waals surface area contributed by atoms with E-state index in [1.807, 2.05) is 0 Å². The van der Waals surface area contributed by atoms with E-state index in [2.05, 4.69) is 10.6 Å². The highest BCUT2D eigenvalue weighted by molar-refractivity contribution is 6.14. The molecular formula is C22H17F2N3O5. The summed E-state index contributed by atoms with van der Waals surface area (Å²) in [6.45, 7) is 0.0814. The maximum atomic E-state index is 13.3. The number of amides is 5. The maximum Gasteiger partial charge on any atom is 0.258 e. The number of carbonyl (C=O) groups excluding carboxylic acids is 5. The molecule has 10 heteroatoms. The fourth-order valence-corrected chi connectivity index (χ4v) is 3.94. The van der Waals surface area contributed by atoms with Gasteiger partial charge < -0.3 is 4.90 Å². The molecule has 2 heterocycles. The molecule has 8 nitrogen and oxygen atoms in total. The van der Waals surface area contributed by atoms with Crippen LogP contribution < -0.4 is 10.6 Å². The Morgan fingerprint density at radius 1 is 1.09 bits per heavy atom. The Labute approximate surface area is 180 Å². The minimum atomic E-state index is -0.848. The van der Waals surface area contributed by atoms with Gasteiger partial charge in [-0.25, -0.2) is 8.78 Å². The van der Waals surface area contributed by atoms with Gasteiger partial charge in [-0.2, -0.15) is 0 Å². The maximum absolute atomic E-state index is 13.3. The minimum absolute atomic E-state index is 0.0474. The van der Waals surface area contributed by atoms with Gasteiger partial charge in [0.15, 0.2) is 0 Å². The van der Waals surface area contributed by atoms with E-state index in [0.29, 0.717) is 11.6 Å². The third-order valence-electron chi connectivity index (χ3n) is 5.34. The van der Waals surface area contributed by atoms with Crippen LogP contribution in [0.2, 0.25) is 0 Å². The number of rotatable bonds is 4. The third kappa shape index (κ3) is 4.11. The zero-order valence-electron chi connectivity index (χ0n) is 16.6. The van der Waals surface area contributed by atoms with Crippen LogP contribution in [-0.2, 0) is 27.3 Å². The van der Waals surface area contributed by atoms with Crippen molar-refractivity contribution in [3.8, 4) is 0 Å². The van der Waals surface area contributed by atoms with Crippen LogP contribution in [0.1, 0.15) is 44.7 Å². The highest BCUT2D eigenvalue weighted by atomic mass is 19.1. The van der Waals surface area contributed by atoms with Crippen LogP contribution in [0.25, 0.3) is 0 Å². The second-order valence-corrected chi connectivity index (χ2v) is 7.57. The van der Waals surface area contributed by atoms with E-state index < -0.39 is 53.6 Å². The van der Waals surface area contributed by atoms with E-state index >= 15 is 0 Å². The van der Waals surface area contributed by atoms with Crippen molar-refractivity contribution in [2.45, 2.75) is 31.8 Å². The molecule has 2 aliphatic heterocycles. The molecule has 1 unspecified atom stereocenters. The number of hydrogen-bond acceptors (Lipinski definition) is 5. The Hall–Kier alpha value is -3.95. The van der Waals surface area contributed by atoms with Crippen molar-refractivity contribution in [2.75, 3.05) is 0 Å². The quantitative estimate of drug-likeness (QED) is 0.693. The van der Waals surface area contributed by atoms with Crippen molar-refractivity contribution in [3.63, 3.8) is 0 Å². The largest absolute Gasteiger partial charge is 0.322 e. The lowest BCUT2D eigenvalue weighted by Crippen LogP contribution is -2.52. The molecule has 4 rings (SSSR count). The number of carbonyl (C=O) groups is 5. The molecule has 0 spiro atoms. The Kier molecular flexibility index (Phi) is 5.52. The van der Waals surface area contributed by atoms with Crippen LogP contribution in [0.15, 0.2) is 36.4 Å². The number of hydrogen-bond donors (Lipinski definition) is 2. The van der Waals surface area contributed by atoms with Gasteiger partial charge in [0.25, 0.3) is 11.8 Å². The smallest absolute Gasteiger partial charge is 0.258 e. The molecule has 1 saturated heterocycles. The third-order valence-corrected chi connectivity index (χ3v) is 5.34. The number of imide groups is 2. The lowest BCUT2D eigenvalue weighted by Gasteiger charge is -2.29. The summed E-state index contributed by atoms with van der Waals surface area (Å²) < 4.78 is 26.6. The van der Waals surface area contributed by atoms with Gasteiger partial charge >= 0.3 is 0 Å². The molecule has 0 bridgehead atoms. The molecule has 32 heavy (non-hydrogen) atoms. The van der Waals surface area contributed by atoms with Crippen LogP contribution in [0.4, 0.5) is 8.78 Å². The average Bonchev–Trinajstić information content (AvgIpc) is 3.03. The summed E-state index contributed by atoms with van der Waals surface area (Å²) >= 11 is 0. The first-order valence-corrected chi connectivity index (χ1v) is 9.78. The van der Waals surface area contributed by atoms with E-state index in [4.69, 9.17) is 0 Å². The number of piperidine rings is 1. The zero-order chi connectivity index (χ0) is 23.0. The Morgan fingerprint density at radius 3 is 2.50 bits per heavy atom. The molecule has 5 amide bonds. The molecule has 0 saturated carbocycles. The zero-order valence-corrected chi connectivity index (χ0v) is 16.6. The highest BCUT2D eigenvalue weighted by Crippen LogP contribution is 2.29. The second-order valence-electron chi connectivity index (χ2n) is 7.57. The summed E-state index contributed by atoms with van der Waals surface area (Å²) in [5.74, 6) is -4.89. The van der Waals surface area contributed by atoms with Crippen molar-refractivity contribution in [3.05, 3.63) is 70.3 Å². The van der Waals surface area contributed by atoms with Crippen LogP contribution in [0.5, 0.6) is 0 Å². The van der Waals surface area contributed by atoms with Crippen molar-refractivity contribution < 1.29 is 32.8 Å². The molecule has 2 aromatic rings. The van der Waals surface area contributed by atoms with Crippen LogP contribution >= 0.6 is 0 Å². The predicted octanol–water partition coefficient (Wildman–Crippen LogP) is 1.22. The summed E-state index contributed by atoms with van der Waals surface area (Å²) in [4.78, 5) is 62.8. The number of nitrogens with zero attached hydrogens (tertiary/aromatic N) is 1. The summed E-state index contributed by atoms with van der Waals surface area (Å²) in [5, 5.41) is 4.32. The average molecular weight is 441 g/mol. The second kappa shape index (κ2) is 8.29. The van der Waals surface area contributed by atoms with Gasteiger partial charge in [0.2, 0.25) is 17.7 Å². The van der Waals surface area contributed by atoms with Gasteiger partial charge in [-0.15, -0.1) is 0 Å². The Morgan fingerprint density at radius 2 is 1.81 bits per heavy atom. The Balaban J connectivity index is 1.51. The van der Waals surface area contributed by atoms with Crippen molar-refractivity contribution in [1.29, 1.82) is 0 Å². The minimum Gasteiger partial charge on any atom is -0.322 e. The van der Waals surface area contributed by atoms with Crippen molar-refractivity contribution >= 4 is 29.5 Å². The van der Waals surface area contributed by atoms with Gasteiger partial charge in [0.05, 0.1) is 17.5 Å². The monoisotopic (exact) mass is 441 g/mol. The van der Waals surface area contributed by atoms with E-state index in [1.54, 1.807) is 12.1 Å². The summed E-state index contributed by atoms with van der Waals surface area (Å²) in [7, 11) is 0. The normalized spacial score (nSPS) is 17.8. The van der Waals surface area contributed by atoms with E-state index in [0.717, 1.165) is 12.1 Å². The molecule has 0 aliphatic carbocycles. The number of nitrogens with one attached hydrogen (secondary N) is 2. The van der Waals surface area contributed by atoms with Crippen LogP contribution in [0, 0.1) is 11.6 Å². The molecule has 2 aliphatic rings. The van der Waals surface area contributed by atoms with Crippen molar-refractivity contribution in [2.24, 2.45) is 0 Å².